The minimum absolute atomic E-state index is 0.0194. The number of esters is 4. The molecule has 5 unspecified atom stereocenters. The Morgan fingerprint density at radius 3 is 0.920 bits per heavy atom. The van der Waals surface area contributed by atoms with Crippen LogP contribution in [0.3, 0.4) is 0 Å². The lowest BCUT2D eigenvalue weighted by atomic mass is 10.1. The van der Waals surface area contributed by atoms with E-state index in [9.17, 15) is 43.2 Å². The summed E-state index contributed by atoms with van der Waals surface area (Å²) in [5, 5.41) is 10.6. The minimum atomic E-state index is -5.01. The SMILES string of the molecule is CC/C=C\C/C=C\C/C=C\C/C=C\C/C=C\CC(=O)OCC(COP(=O)(O)OCC(O)COP(=O)(O)OCC(COC(=O)CCCCCCC/C=C\CCCCCCCC)OC(=O)CCCCCCC/C=C\CCCCCCCC)OC(=O)CCCC/C=C\C/C=C\C/C=C\C/C=C\CC. The van der Waals surface area contributed by atoms with Crippen molar-refractivity contribution in [2.24, 2.45) is 0 Å². The van der Waals surface area contributed by atoms with E-state index in [1.54, 1.807) is 6.08 Å². The second-order valence-electron chi connectivity index (χ2n) is 25.2. The molecule has 0 radical (unpaired) electrons. The van der Waals surface area contributed by atoms with Crippen LogP contribution in [-0.4, -0.2) is 96.7 Å². The quantitative estimate of drug-likeness (QED) is 0.0169. The second-order valence-corrected chi connectivity index (χ2v) is 28.1. The molecule has 0 heterocycles. The van der Waals surface area contributed by atoms with Gasteiger partial charge in [-0.1, -0.05) is 264 Å². The van der Waals surface area contributed by atoms with E-state index in [1.165, 1.54) is 77.0 Å². The summed E-state index contributed by atoms with van der Waals surface area (Å²) < 4.78 is 68.3. The number of ether oxygens (including phenoxy) is 4. The van der Waals surface area contributed by atoms with E-state index in [1.807, 2.05) is 24.3 Å². The van der Waals surface area contributed by atoms with Crippen LogP contribution >= 0.6 is 15.6 Å². The molecule has 0 aromatic carbocycles. The Labute approximate surface area is 605 Å². The minimum Gasteiger partial charge on any atom is -0.462 e. The Bertz CT molecular complexity index is 2420. The van der Waals surface area contributed by atoms with E-state index in [0.29, 0.717) is 32.1 Å². The summed E-state index contributed by atoms with van der Waals surface area (Å²) >= 11 is 0. The van der Waals surface area contributed by atoms with Gasteiger partial charge in [0.05, 0.1) is 32.8 Å². The van der Waals surface area contributed by atoms with Crippen molar-refractivity contribution < 1.29 is 80.2 Å². The zero-order valence-corrected chi connectivity index (χ0v) is 64.1. The Balaban J connectivity index is 5.47. The summed E-state index contributed by atoms with van der Waals surface area (Å²) in [6.45, 7) is 4.45. The number of aliphatic hydroxyl groups is 1. The lowest BCUT2D eigenvalue weighted by Gasteiger charge is -2.21. The fourth-order valence-corrected chi connectivity index (χ4v) is 11.4. The Morgan fingerprint density at radius 1 is 0.300 bits per heavy atom. The van der Waals surface area contributed by atoms with Crippen molar-refractivity contribution >= 4 is 39.5 Å². The number of hydrogen-bond acceptors (Lipinski definition) is 15. The number of carbonyl (C=O) groups is 4. The molecule has 0 fully saturated rings. The molecule has 0 aliphatic carbocycles. The van der Waals surface area contributed by atoms with Crippen molar-refractivity contribution in [3.05, 3.63) is 134 Å². The van der Waals surface area contributed by atoms with Crippen LogP contribution in [0.2, 0.25) is 0 Å². The molecule has 17 nitrogen and oxygen atoms in total. The van der Waals surface area contributed by atoms with Crippen LogP contribution < -0.4 is 0 Å². The summed E-state index contributed by atoms with van der Waals surface area (Å²) in [5.41, 5.74) is 0. The molecule has 0 bridgehead atoms. The van der Waals surface area contributed by atoms with Crippen molar-refractivity contribution in [1.82, 2.24) is 0 Å². The molecule has 0 saturated heterocycles. The molecule has 0 amide bonds. The highest BCUT2D eigenvalue weighted by atomic mass is 31.2. The van der Waals surface area contributed by atoms with Gasteiger partial charge in [-0.15, -0.1) is 0 Å². The average molecular weight is 1440 g/mol. The van der Waals surface area contributed by atoms with Gasteiger partial charge in [-0.05, 0) is 141 Å². The number of rotatable bonds is 71. The van der Waals surface area contributed by atoms with Gasteiger partial charge in [-0.25, -0.2) is 9.13 Å². The third-order valence-electron chi connectivity index (χ3n) is 15.6. The smallest absolute Gasteiger partial charge is 0.462 e. The molecule has 0 saturated carbocycles. The predicted molar refractivity (Wildman–Crippen MR) is 408 cm³/mol. The predicted octanol–water partition coefficient (Wildman–Crippen LogP) is 22.1. The third-order valence-corrected chi connectivity index (χ3v) is 17.5. The maximum atomic E-state index is 13.1. The van der Waals surface area contributed by atoms with Crippen molar-refractivity contribution in [3.63, 3.8) is 0 Å². The van der Waals surface area contributed by atoms with Crippen molar-refractivity contribution in [2.75, 3.05) is 39.6 Å². The van der Waals surface area contributed by atoms with Gasteiger partial charge in [0.2, 0.25) is 0 Å². The van der Waals surface area contributed by atoms with Crippen molar-refractivity contribution in [3.8, 4) is 0 Å². The van der Waals surface area contributed by atoms with Crippen LogP contribution in [0.25, 0.3) is 0 Å². The highest BCUT2D eigenvalue weighted by Crippen LogP contribution is 2.45. The van der Waals surface area contributed by atoms with Gasteiger partial charge in [0.1, 0.15) is 19.3 Å². The van der Waals surface area contributed by atoms with E-state index >= 15 is 0 Å². The van der Waals surface area contributed by atoms with Crippen LogP contribution in [0.5, 0.6) is 0 Å². The summed E-state index contributed by atoms with van der Waals surface area (Å²) in [6.07, 6.45) is 80.5. The van der Waals surface area contributed by atoms with Crippen LogP contribution in [0.4, 0.5) is 0 Å². The topological polar surface area (TPSA) is 237 Å². The highest BCUT2D eigenvalue weighted by Gasteiger charge is 2.30. The molecule has 0 aromatic rings. The second kappa shape index (κ2) is 72.5. The first kappa shape index (κ1) is 95.2. The van der Waals surface area contributed by atoms with Gasteiger partial charge in [0.15, 0.2) is 12.2 Å². The number of allylic oxidation sites excluding steroid dienone is 21. The zero-order chi connectivity index (χ0) is 73.2. The number of unbranched alkanes of at least 4 members (excludes halogenated alkanes) is 24. The molecule has 100 heavy (non-hydrogen) atoms. The molecule has 5 atom stereocenters. The largest absolute Gasteiger partial charge is 0.472 e. The normalized spacial score (nSPS) is 14.7. The van der Waals surface area contributed by atoms with Crippen LogP contribution in [0.15, 0.2) is 134 Å². The Morgan fingerprint density at radius 2 is 0.560 bits per heavy atom. The molecule has 572 valence electrons. The van der Waals surface area contributed by atoms with Crippen LogP contribution in [0.1, 0.15) is 297 Å². The monoisotopic (exact) mass is 1440 g/mol. The van der Waals surface area contributed by atoms with E-state index in [2.05, 4.69) is 131 Å². The molecule has 0 aliphatic heterocycles. The molecule has 3 N–H and O–H groups in total. The molecular formula is C81H136O17P2. The number of aliphatic hydroxyl groups excluding tert-OH is 1. The number of phosphoric acid groups is 2. The summed E-state index contributed by atoms with van der Waals surface area (Å²) in [4.78, 5) is 72.8. The van der Waals surface area contributed by atoms with Gasteiger partial charge in [-0.2, -0.15) is 0 Å². The maximum Gasteiger partial charge on any atom is 0.472 e. The van der Waals surface area contributed by atoms with Gasteiger partial charge in [-0.3, -0.25) is 37.3 Å². The third kappa shape index (κ3) is 71.6. The maximum absolute atomic E-state index is 13.1. The number of phosphoric ester groups is 2. The Hall–Kier alpha value is -4.80. The molecule has 0 aromatic heterocycles. The first-order chi connectivity index (χ1) is 48.7. The van der Waals surface area contributed by atoms with Gasteiger partial charge in [0, 0.05) is 19.3 Å². The molecular weight excluding hydrogens is 1310 g/mol. The summed E-state index contributed by atoms with van der Waals surface area (Å²) in [5.74, 6) is -2.39. The van der Waals surface area contributed by atoms with Crippen molar-refractivity contribution in [1.29, 1.82) is 0 Å². The number of carbonyl (C=O) groups excluding carboxylic acids is 4. The van der Waals surface area contributed by atoms with Crippen LogP contribution in [-0.2, 0) is 65.4 Å². The van der Waals surface area contributed by atoms with Crippen molar-refractivity contribution in [2.45, 2.75) is 316 Å². The van der Waals surface area contributed by atoms with E-state index in [-0.39, 0.29) is 25.7 Å². The lowest BCUT2D eigenvalue weighted by molar-refractivity contribution is -0.161. The summed E-state index contributed by atoms with van der Waals surface area (Å²) in [6, 6.07) is 0. The molecule has 19 heteroatoms. The first-order valence-corrected chi connectivity index (χ1v) is 41.4. The van der Waals surface area contributed by atoms with E-state index in [0.717, 1.165) is 135 Å². The van der Waals surface area contributed by atoms with Crippen LogP contribution in [0, 0.1) is 0 Å². The summed E-state index contributed by atoms with van der Waals surface area (Å²) in [7, 11) is -10.00. The fraction of sp³-hybridized carbons (Fsp3) is 0.679. The van der Waals surface area contributed by atoms with E-state index < -0.39 is 97.5 Å². The zero-order valence-electron chi connectivity index (χ0n) is 62.3. The van der Waals surface area contributed by atoms with Gasteiger partial charge >= 0.3 is 39.5 Å². The average Bonchev–Trinajstić information content (AvgIpc) is 1.01. The number of hydrogen-bond donors (Lipinski definition) is 3. The highest BCUT2D eigenvalue weighted by molar-refractivity contribution is 7.47. The molecule has 0 spiro atoms. The lowest BCUT2D eigenvalue weighted by Crippen LogP contribution is -2.30. The standard InChI is InChI=1S/C81H136O17P2/c1-5-9-13-17-21-25-29-33-37-41-45-49-53-57-61-65-78(83)91-71-76(97-80(85)67-63-59-55-51-47-43-39-35-31-27-23-19-15-11-7-3)73-95-99(87,88)93-69-75(82)70-94-100(89,90)96-74-77(98-81(86)68-64-60-56-52-48-44-40-36-32-28-24-20-16-12-8-4)72-92-79(84)66-62-58-54-50-46-42-38-34-30-26-22-18-14-10-6-2/h9,11,13,15,21,23,25,27,33-40,45,47,49,51,57,61,75-77,82H,5-8,10,12,14,16-20,22,24,26,28-32,41-44,46,48,50,52-56,58-60,62-74H2,1-4H3,(H,87,88)(H,89,90)/b13-9-,15-11-,25-21-,27-23-,37-33-,38-34-,39-35-,40-36-,49-45-,51-47-,61-57-. The first-order valence-electron chi connectivity index (χ1n) is 38.4. The van der Waals surface area contributed by atoms with Gasteiger partial charge < -0.3 is 33.8 Å². The van der Waals surface area contributed by atoms with Gasteiger partial charge in [0.25, 0.3) is 0 Å². The molecule has 0 aliphatic rings. The molecule has 0 rings (SSSR count). The fourth-order valence-electron chi connectivity index (χ4n) is 9.80. The van der Waals surface area contributed by atoms with E-state index in [4.69, 9.17) is 37.0 Å². The Kier molecular flexibility index (Phi) is 69.1.